The third-order valence-electron chi connectivity index (χ3n) is 5.21. The van der Waals surface area contributed by atoms with Crippen molar-refractivity contribution < 1.29 is 19.1 Å². The number of ether oxygens (including phenoxy) is 2. The average molecular weight is 505 g/mol. The summed E-state index contributed by atoms with van der Waals surface area (Å²) in [6.45, 7) is 9.75. The number of benzene rings is 2. The van der Waals surface area contributed by atoms with Crippen LogP contribution in [0.2, 0.25) is 0 Å². The zero-order chi connectivity index (χ0) is 27.0. The predicted molar refractivity (Wildman–Crippen MR) is 144 cm³/mol. The second-order valence-corrected chi connectivity index (χ2v) is 7.87. The maximum absolute atomic E-state index is 13.0. The van der Waals surface area contributed by atoms with Crippen LogP contribution in [0.3, 0.4) is 0 Å². The number of azide groups is 1. The highest BCUT2D eigenvalue weighted by Crippen LogP contribution is 2.15. The van der Waals surface area contributed by atoms with Gasteiger partial charge in [0.1, 0.15) is 5.70 Å². The average Bonchev–Trinajstić information content (AvgIpc) is 2.90. The highest BCUT2D eigenvalue weighted by atomic mass is 16.7. The Morgan fingerprint density at radius 1 is 1.05 bits per heavy atom. The van der Waals surface area contributed by atoms with Crippen molar-refractivity contribution in [3.8, 4) is 0 Å². The van der Waals surface area contributed by atoms with Crippen LogP contribution in [0, 0.1) is 0 Å². The highest BCUT2D eigenvalue weighted by molar-refractivity contribution is 6.05. The largest absolute Gasteiger partial charge is 0.354 e. The van der Waals surface area contributed by atoms with E-state index in [1.807, 2.05) is 24.3 Å². The van der Waals surface area contributed by atoms with Gasteiger partial charge in [-0.25, -0.2) is 0 Å². The van der Waals surface area contributed by atoms with E-state index in [1.54, 1.807) is 36.4 Å². The van der Waals surface area contributed by atoms with Crippen molar-refractivity contribution in [3.05, 3.63) is 107 Å². The third kappa shape index (κ3) is 9.75. The highest BCUT2D eigenvalue weighted by Gasteiger charge is 2.16. The minimum absolute atomic E-state index is 0.0275. The second kappa shape index (κ2) is 15.7. The van der Waals surface area contributed by atoms with Gasteiger partial charge in [0, 0.05) is 50.0 Å². The van der Waals surface area contributed by atoms with E-state index in [1.165, 1.54) is 20.3 Å². The molecule has 0 spiro atoms. The summed E-state index contributed by atoms with van der Waals surface area (Å²) < 4.78 is 10.2. The van der Waals surface area contributed by atoms with Crippen molar-refractivity contribution in [2.45, 2.75) is 12.8 Å². The van der Waals surface area contributed by atoms with Crippen molar-refractivity contribution in [2.75, 3.05) is 33.9 Å². The van der Waals surface area contributed by atoms with E-state index in [-0.39, 0.29) is 12.2 Å². The van der Waals surface area contributed by atoms with Crippen molar-refractivity contribution in [3.63, 3.8) is 0 Å². The standard InChI is InChI=1S/C27H32N6O4/c1-5-15-33(16-6-2)19-21-7-11-22(12-8-21)26(34)30-24(27(35)29-18-25(36-3)37-4)17-20-9-13-23(14-10-20)31-32-28/h5-14,17,25H,1-2,15-16,18-19H2,3-4H3,(H,29,35)(H,30,34)/b24-17+. The molecule has 0 saturated carbocycles. The number of hydrogen-bond acceptors (Lipinski definition) is 6. The maximum Gasteiger partial charge on any atom is 0.267 e. The molecule has 2 aromatic carbocycles. The molecule has 194 valence electrons. The Labute approximate surface area is 216 Å². The molecule has 0 bridgehead atoms. The van der Waals surface area contributed by atoms with Gasteiger partial charge < -0.3 is 20.1 Å². The van der Waals surface area contributed by atoms with E-state index < -0.39 is 18.1 Å². The molecule has 0 aliphatic carbocycles. The quantitative estimate of drug-likeness (QED) is 0.0933. The van der Waals surface area contributed by atoms with E-state index in [4.69, 9.17) is 15.0 Å². The van der Waals surface area contributed by atoms with Crippen LogP contribution in [0.1, 0.15) is 21.5 Å². The number of nitrogens with zero attached hydrogens (tertiary/aromatic N) is 4. The van der Waals surface area contributed by atoms with E-state index in [0.29, 0.717) is 36.4 Å². The second-order valence-electron chi connectivity index (χ2n) is 7.87. The first-order valence-corrected chi connectivity index (χ1v) is 11.5. The normalized spacial score (nSPS) is 11.1. The Kier molecular flexibility index (Phi) is 12.3. The summed E-state index contributed by atoms with van der Waals surface area (Å²) in [5, 5.41) is 8.91. The topological polar surface area (TPSA) is 129 Å². The van der Waals surface area contributed by atoms with Crippen LogP contribution >= 0.6 is 0 Å². The number of carbonyl (C=O) groups excluding carboxylic acids is 2. The molecular weight excluding hydrogens is 472 g/mol. The van der Waals surface area contributed by atoms with Crippen molar-refractivity contribution >= 4 is 23.6 Å². The fourth-order valence-corrected chi connectivity index (χ4v) is 3.33. The molecule has 0 fully saturated rings. The SMILES string of the molecule is C=CCN(CC=C)Cc1ccc(C(=O)N/C(=C/c2ccc(N=[N+]=[N-])cc2)C(=O)NCC(OC)OC)cc1. The summed E-state index contributed by atoms with van der Waals surface area (Å²) in [5.74, 6) is -0.963. The van der Waals surface area contributed by atoms with Crippen molar-refractivity contribution in [1.29, 1.82) is 0 Å². The molecule has 0 heterocycles. The molecule has 10 nitrogen and oxygen atoms in total. The van der Waals surface area contributed by atoms with Gasteiger partial charge in [-0.1, -0.05) is 53.7 Å². The van der Waals surface area contributed by atoms with E-state index in [9.17, 15) is 9.59 Å². The first kappa shape index (κ1) is 29.0. The maximum atomic E-state index is 13.0. The lowest BCUT2D eigenvalue weighted by atomic mass is 10.1. The van der Waals surface area contributed by atoms with Crippen LogP contribution in [0.4, 0.5) is 5.69 Å². The number of rotatable bonds is 15. The molecule has 0 unspecified atom stereocenters. The molecule has 2 aromatic rings. The number of nitrogens with one attached hydrogen (secondary N) is 2. The zero-order valence-corrected chi connectivity index (χ0v) is 21.1. The summed E-state index contributed by atoms with van der Waals surface area (Å²) in [6.07, 6.45) is 4.54. The molecule has 0 saturated heterocycles. The Bertz CT molecular complexity index is 1120. The summed E-state index contributed by atoms with van der Waals surface area (Å²) in [4.78, 5) is 30.8. The van der Waals surface area contributed by atoms with Crippen LogP contribution in [0.15, 0.2) is 84.7 Å². The summed E-state index contributed by atoms with van der Waals surface area (Å²) in [7, 11) is 2.92. The molecule has 2 N–H and O–H groups in total. The Morgan fingerprint density at radius 2 is 1.68 bits per heavy atom. The zero-order valence-electron chi connectivity index (χ0n) is 21.1. The van der Waals surface area contributed by atoms with Gasteiger partial charge in [0.15, 0.2) is 6.29 Å². The van der Waals surface area contributed by atoms with Gasteiger partial charge in [0.05, 0.1) is 6.54 Å². The molecule has 0 aliphatic rings. The van der Waals surface area contributed by atoms with Gasteiger partial charge in [0.25, 0.3) is 11.8 Å². The van der Waals surface area contributed by atoms with Crippen LogP contribution in [0.5, 0.6) is 0 Å². The lowest BCUT2D eigenvalue weighted by Gasteiger charge is -2.19. The molecule has 0 aromatic heterocycles. The summed E-state index contributed by atoms with van der Waals surface area (Å²) in [6, 6.07) is 13.7. The van der Waals surface area contributed by atoms with Gasteiger partial charge in [0.2, 0.25) is 0 Å². The molecule has 2 rings (SSSR count). The van der Waals surface area contributed by atoms with Crippen LogP contribution in [0.25, 0.3) is 16.5 Å². The first-order valence-electron chi connectivity index (χ1n) is 11.5. The van der Waals surface area contributed by atoms with E-state index in [0.717, 1.165) is 5.56 Å². The molecule has 0 radical (unpaired) electrons. The van der Waals surface area contributed by atoms with Crippen LogP contribution in [-0.2, 0) is 20.8 Å². The minimum atomic E-state index is -0.640. The summed E-state index contributed by atoms with van der Waals surface area (Å²) >= 11 is 0. The van der Waals surface area contributed by atoms with E-state index >= 15 is 0 Å². The van der Waals surface area contributed by atoms with Gasteiger partial charge in [-0.15, -0.1) is 13.2 Å². The van der Waals surface area contributed by atoms with Crippen LogP contribution < -0.4 is 10.6 Å². The van der Waals surface area contributed by atoms with E-state index in [2.05, 4.69) is 38.7 Å². The lowest BCUT2D eigenvalue weighted by Crippen LogP contribution is -2.39. The molecule has 0 aliphatic heterocycles. The van der Waals surface area contributed by atoms with Crippen molar-refractivity contribution in [2.24, 2.45) is 5.11 Å². The van der Waals surface area contributed by atoms with Gasteiger partial charge >= 0.3 is 0 Å². The number of amides is 2. The fraction of sp³-hybridized carbons (Fsp3) is 0.259. The molecule has 37 heavy (non-hydrogen) atoms. The Morgan fingerprint density at radius 3 is 2.22 bits per heavy atom. The molecular formula is C27H32N6O4. The Balaban J connectivity index is 2.22. The number of methoxy groups -OCH3 is 2. The van der Waals surface area contributed by atoms with Gasteiger partial charge in [-0.2, -0.15) is 0 Å². The molecule has 10 heteroatoms. The number of hydrogen-bond donors (Lipinski definition) is 2. The van der Waals surface area contributed by atoms with Crippen molar-refractivity contribution in [1.82, 2.24) is 15.5 Å². The van der Waals surface area contributed by atoms with Gasteiger partial charge in [-0.05, 0) is 34.9 Å². The lowest BCUT2D eigenvalue weighted by molar-refractivity contribution is -0.124. The third-order valence-corrected chi connectivity index (χ3v) is 5.21. The molecule has 2 amide bonds. The smallest absolute Gasteiger partial charge is 0.267 e. The summed E-state index contributed by atoms with van der Waals surface area (Å²) in [5.41, 5.74) is 11.1. The molecule has 0 atom stereocenters. The van der Waals surface area contributed by atoms with Gasteiger partial charge in [-0.3, -0.25) is 14.5 Å². The first-order chi connectivity index (χ1) is 17.9. The minimum Gasteiger partial charge on any atom is -0.354 e. The van der Waals surface area contributed by atoms with Crippen LogP contribution in [-0.4, -0.2) is 56.9 Å². The predicted octanol–water partition coefficient (Wildman–Crippen LogP) is 4.31. The monoisotopic (exact) mass is 504 g/mol. The Hall–Kier alpha value is -4.21. The fourth-order valence-electron chi connectivity index (χ4n) is 3.33. The number of carbonyl (C=O) groups is 2.